The number of hydrogen-bond acceptors (Lipinski definition) is 5. The van der Waals surface area contributed by atoms with Gasteiger partial charge < -0.3 is 10.5 Å². The molecule has 0 aromatic heterocycles. The summed E-state index contributed by atoms with van der Waals surface area (Å²) in [5.74, 6) is -0.678. The second kappa shape index (κ2) is 4.52. The maximum absolute atomic E-state index is 11.6. The second-order valence-corrected chi connectivity index (χ2v) is 5.42. The molecule has 0 saturated carbocycles. The zero-order valence-corrected chi connectivity index (χ0v) is 9.87. The molecule has 0 bridgehead atoms. The van der Waals surface area contributed by atoms with Gasteiger partial charge in [0.25, 0.3) is 0 Å². The first-order chi connectivity index (χ1) is 7.42. The van der Waals surface area contributed by atoms with E-state index in [0.29, 0.717) is 0 Å². The molecule has 0 saturated heterocycles. The number of hydrogen-bond donors (Lipinski definition) is 1. The quantitative estimate of drug-likeness (QED) is 0.628. The maximum atomic E-state index is 11.6. The first-order valence-electron chi connectivity index (χ1n) is 4.63. The van der Waals surface area contributed by atoms with Gasteiger partial charge in [-0.1, -0.05) is 6.92 Å². The predicted molar refractivity (Wildman–Crippen MR) is 59.9 cm³/mol. The molecule has 0 unspecified atom stereocenters. The largest absolute Gasteiger partial charge is 0.465 e. The molecule has 16 heavy (non-hydrogen) atoms. The Hall–Kier alpha value is -1.56. The maximum Gasteiger partial charge on any atom is 0.339 e. The number of rotatable bonds is 3. The van der Waals surface area contributed by atoms with Gasteiger partial charge in [0.15, 0.2) is 9.84 Å². The summed E-state index contributed by atoms with van der Waals surface area (Å²) in [6.45, 7) is 1.53. The molecule has 0 aliphatic carbocycles. The normalized spacial score (nSPS) is 11.1. The van der Waals surface area contributed by atoms with Gasteiger partial charge in [0.05, 0.1) is 23.3 Å². The standard InChI is InChI=1S/C10H13NO4S/c1-3-16(13,14)7-4-5-9(11)8(6-7)10(12)15-2/h4-6H,3,11H2,1-2H3. The summed E-state index contributed by atoms with van der Waals surface area (Å²) in [7, 11) is -2.13. The SMILES string of the molecule is CCS(=O)(=O)c1ccc(N)c(C(=O)OC)c1. The van der Waals surface area contributed by atoms with Crippen molar-refractivity contribution < 1.29 is 17.9 Å². The van der Waals surface area contributed by atoms with Gasteiger partial charge >= 0.3 is 5.97 Å². The summed E-state index contributed by atoms with van der Waals surface area (Å²) < 4.78 is 27.7. The van der Waals surface area contributed by atoms with E-state index in [-0.39, 0.29) is 21.9 Å². The van der Waals surface area contributed by atoms with E-state index < -0.39 is 15.8 Å². The van der Waals surface area contributed by atoms with Crippen LogP contribution in [0.2, 0.25) is 0 Å². The number of nitrogens with two attached hydrogens (primary N) is 1. The third kappa shape index (κ3) is 2.33. The molecule has 0 fully saturated rings. The number of carbonyl (C=O) groups excluding carboxylic acids is 1. The molecule has 6 heteroatoms. The van der Waals surface area contributed by atoms with E-state index >= 15 is 0 Å². The summed E-state index contributed by atoms with van der Waals surface area (Å²) in [4.78, 5) is 11.4. The highest BCUT2D eigenvalue weighted by Crippen LogP contribution is 2.19. The van der Waals surface area contributed by atoms with Crippen LogP contribution in [-0.2, 0) is 14.6 Å². The first kappa shape index (κ1) is 12.5. The van der Waals surface area contributed by atoms with E-state index in [1.165, 1.54) is 32.2 Å². The molecule has 0 aliphatic rings. The fourth-order valence-electron chi connectivity index (χ4n) is 1.18. The summed E-state index contributed by atoms with van der Waals surface area (Å²) >= 11 is 0. The van der Waals surface area contributed by atoms with E-state index in [2.05, 4.69) is 4.74 Å². The second-order valence-electron chi connectivity index (χ2n) is 3.14. The molecular weight excluding hydrogens is 230 g/mol. The number of benzene rings is 1. The smallest absolute Gasteiger partial charge is 0.339 e. The van der Waals surface area contributed by atoms with Crippen LogP contribution in [0.5, 0.6) is 0 Å². The molecule has 0 radical (unpaired) electrons. The molecule has 1 aromatic rings. The van der Waals surface area contributed by atoms with Gasteiger partial charge in [-0.2, -0.15) is 0 Å². The Morgan fingerprint density at radius 2 is 2.06 bits per heavy atom. The summed E-state index contributed by atoms with van der Waals surface area (Å²) in [6, 6.07) is 4.00. The van der Waals surface area contributed by atoms with E-state index in [1.807, 2.05) is 0 Å². The Morgan fingerprint density at radius 3 is 2.56 bits per heavy atom. The highest BCUT2D eigenvalue weighted by atomic mass is 32.2. The van der Waals surface area contributed by atoms with Crippen LogP contribution in [0.4, 0.5) is 5.69 Å². The topological polar surface area (TPSA) is 86.5 Å². The van der Waals surface area contributed by atoms with Crippen molar-refractivity contribution in [3.05, 3.63) is 23.8 Å². The van der Waals surface area contributed by atoms with Crippen LogP contribution >= 0.6 is 0 Å². The van der Waals surface area contributed by atoms with Crippen molar-refractivity contribution in [2.24, 2.45) is 0 Å². The highest BCUT2D eigenvalue weighted by Gasteiger charge is 2.17. The van der Waals surface area contributed by atoms with Crippen molar-refractivity contribution in [2.45, 2.75) is 11.8 Å². The molecule has 88 valence electrons. The number of carbonyl (C=O) groups is 1. The highest BCUT2D eigenvalue weighted by molar-refractivity contribution is 7.91. The average molecular weight is 243 g/mol. The van der Waals surface area contributed by atoms with Gasteiger partial charge in [-0.25, -0.2) is 13.2 Å². The first-order valence-corrected chi connectivity index (χ1v) is 6.28. The van der Waals surface area contributed by atoms with Crippen LogP contribution in [0.15, 0.2) is 23.1 Å². The number of ether oxygens (including phenoxy) is 1. The molecule has 0 spiro atoms. The zero-order chi connectivity index (χ0) is 12.3. The van der Waals surface area contributed by atoms with Crippen LogP contribution in [0, 0.1) is 0 Å². The Balaban J connectivity index is 3.34. The molecule has 1 aromatic carbocycles. The fraction of sp³-hybridized carbons (Fsp3) is 0.300. The summed E-state index contributed by atoms with van der Waals surface area (Å²) in [5.41, 5.74) is 5.82. The number of esters is 1. The monoisotopic (exact) mass is 243 g/mol. The van der Waals surface area contributed by atoms with Crippen LogP contribution in [0.1, 0.15) is 17.3 Å². The number of sulfone groups is 1. The van der Waals surface area contributed by atoms with Gasteiger partial charge in [0, 0.05) is 5.69 Å². The minimum atomic E-state index is -3.34. The molecule has 5 nitrogen and oxygen atoms in total. The van der Waals surface area contributed by atoms with Gasteiger partial charge in [-0.05, 0) is 18.2 Å². The fourth-order valence-corrected chi connectivity index (χ4v) is 2.09. The molecule has 2 N–H and O–H groups in total. The third-order valence-electron chi connectivity index (χ3n) is 2.17. The third-order valence-corrected chi connectivity index (χ3v) is 3.90. The Kier molecular flexibility index (Phi) is 3.54. The predicted octanol–water partition coefficient (Wildman–Crippen LogP) is 0.849. The average Bonchev–Trinajstić information content (AvgIpc) is 2.28. The lowest BCUT2D eigenvalue weighted by Crippen LogP contribution is -2.09. The van der Waals surface area contributed by atoms with Crippen molar-refractivity contribution >= 4 is 21.5 Å². The zero-order valence-electron chi connectivity index (χ0n) is 9.06. The Bertz CT molecular complexity index is 508. The van der Waals surface area contributed by atoms with Gasteiger partial charge in [-0.15, -0.1) is 0 Å². The lowest BCUT2D eigenvalue weighted by atomic mass is 10.2. The Labute approximate surface area is 94.1 Å². The van der Waals surface area contributed by atoms with Crippen LogP contribution in [-0.4, -0.2) is 27.2 Å². The van der Waals surface area contributed by atoms with Crippen molar-refractivity contribution in [3.63, 3.8) is 0 Å². The molecule has 0 atom stereocenters. The van der Waals surface area contributed by atoms with E-state index in [0.717, 1.165) is 0 Å². The molecular formula is C10H13NO4S. The van der Waals surface area contributed by atoms with E-state index in [9.17, 15) is 13.2 Å². The van der Waals surface area contributed by atoms with Crippen molar-refractivity contribution in [3.8, 4) is 0 Å². The molecule has 0 heterocycles. The number of methoxy groups -OCH3 is 1. The molecule has 0 aliphatic heterocycles. The van der Waals surface area contributed by atoms with Crippen molar-refractivity contribution in [2.75, 3.05) is 18.6 Å². The number of nitrogen functional groups attached to an aromatic ring is 1. The van der Waals surface area contributed by atoms with Crippen LogP contribution < -0.4 is 5.73 Å². The lowest BCUT2D eigenvalue weighted by molar-refractivity contribution is 0.0601. The van der Waals surface area contributed by atoms with E-state index in [4.69, 9.17) is 5.73 Å². The van der Waals surface area contributed by atoms with Crippen LogP contribution in [0.3, 0.4) is 0 Å². The lowest BCUT2D eigenvalue weighted by Gasteiger charge is -2.06. The van der Waals surface area contributed by atoms with Crippen LogP contribution in [0.25, 0.3) is 0 Å². The van der Waals surface area contributed by atoms with Gasteiger partial charge in [0.2, 0.25) is 0 Å². The minimum absolute atomic E-state index is 0.0302. The van der Waals surface area contributed by atoms with Gasteiger partial charge in [0.1, 0.15) is 0 Å². The Morgan fingerprint density at radius 1 is 1.44 bits per heavy atom. The van der Waals surface area contributed by atoms with E-state index in [1.54, 1.807) is 0 Å². The minimum Gasteiger partial charge on any atom is -0.465 e. The molecule has 0 amide bonds. The van der Waals surface area contributed by atoms with Crippen molar-refractivity contribution in [1.29, 1.82) is 0 Å². The summed E-state index contributed by atoms with van der Waals surface area (Å²) in [6.07, 6.45) is 0. The number of anilines is 1. The van der Waals surface area contributed by atoms with Crippen molar-refractivity contribution in [1.82, 2.24) is 0 Å². The summed E-state index contributed by atoms with van der Waals surface area (Å²) in [5, 5.41) is 0. The molecule has 1 rings (SSSR count). The van der Waals surface area contributed by atoms with Gasteiger partial charge in [-0.3, -0.25) is 0 Å².